The first-order valence-electron chi connectivity index (χ1n) is 7.80. The van der Waals surface area contributed by atoms with E-state index in [9.17, 15) is 10.1 Å². The quantitative estimate of drug-likeness (QED) is 0.867. The second kappa shape index (κ2) is 8.19. The third kappa shape index (κ3) is 4.37. The Balaban J connectivity index is 1.93. The van der Waals surface area contributed by atoms with E-state index in [1.165, 1.54) is 0 Å². The number of para-hydroxylation sites is 1. The van der Waals surface area contributed by atoms with E-state index in [0.29, 0.717) is 49.8 Å². The van der Waals surface area contributed by atoms with Gasteiger partial charge in [0.2, 0.25) is 5.91 Å². The second-order valence-corrected chi connectivity index (χ2v) is 6.00. The molecule has 1 heterocycles. The van der Waals surface area contributed by atoms with Crippen molar-refractivity contribution in [1.82, 2.24) is 5.32 Å². The van der Waals surface area contributed by atoms with Gasteiger partial charge in [-0.05, 0) is 31.4 Å². The van der Waals surface area contributed by atoms with Crippen molar-refractivity contribution in [2.24, 2.45) is 5.41 Å². The minimum absolute atomic E-state index is 0.200. The molecule has 1 fully saturated rings. The average Bonchev–Trinajstić information content (AvgIpc) is 2.60. The van der Waals surface area contributed by atoms with E-state index >= 15 is 0 Å². The van der Waals surface area contributed by atoms with E-state index < -0.39 is 5.41 Å². The molecule has 0 bridgehead atoms. The SMILES string of the molecule is CCC(CNC(=O)C1(C#N)CCOCC1)Oc1ccccc1Cl. The fraction of sp³-hybridized carbons (Fsp3) is 0.529. The summed E-state index contributed by atoms with van der Waals surface area (Å²) in [7, 11) is 0. The van der Waals surface area contributed by atoms with Crippen LogP contribution in [0.3, 0.4) is 0 Å². The van der Waals surface area contributed by atoms with Crippen molar-refractivity contribution in [3.05, 3.63) is 29.3 Å². The molecule has 2 rings (SSSR count). The Hall–Kier alpha value is -1.77. The minimum Gasteiger partial charge on any atom is -0.487 e. The summed E-state index contributed by atoms with van der Waals surface area (Å²) >= 11 is 6.09. The lowest BCUT2D eigenvalue weighted by molar-refractivity contribution is -0.132. The fourth-order valence-electron chi connectivity index (χ4n) is 2.47. The van der Waals surface area contributed by atoms with Crippen molar-refractivity contribution in [3.8, 4) is 11.8 Å². The van der Waals surface area contributed by atoms with Gasteiger partial charge in [0, 0.05) is 13.2 Å². The Bertz CT molecular complexity index is 579. The third-order valence-corrected chi connectivity index (χ3v) is 4.38. The Morgan fingerprint density at radius 3 is 2.78 bits per heavy atom. The van der Waals surface area contributed by atoms with Gasteiger partial charge in [-0.1, -0.05) is 30.7 Å². The summed E-state index contributed by atoms with van der Waals surface area (Å²) < 4.78 is 11.1. The maximum atomic E-state index is 12.4. The summed E-state index contributed by atoms with van der Waals surface area (Å²) in [5, 5.41) is 12.8. The van der Waals surface area contributed by atoms with Crippen LogP contribution in [-0.2, 0) is 9.53 Å². The number of amides is 1. The first-order valence-corrected chi connectivity index (χ1v) is 8.17. The van der Waals surface area contributed by atoms with Crippen molar-refractivity contribution in [2.75, 3.05) is 19.8 Å². The highest BCUT2D eigenvalue weighted by Crippen LogP contribution is 2.30. The predicted molar refractivity (Wildman–Crippen MR) is 87.3 cm³/mol. The van der Waals surface area contributed by atoms with Gasteiger partial charge in [-0.25, -0.2) is 0 Å². The van der Waals surface area contributed by atoms with Gasteiger partial charge in [-0.15, -0.1) is 0 Å². The van der Waals surface area contributed by atoms with Gasteiger partial charge in [-0.2, -0.15) is 5.26 Å². The number of carbonyl (C=O) groups excluding carboxylic acids is 1. The Morgan fingerprint density at radius 2 is 2.17 bits per heavy atom. The zero-order chi connectivity index (χ0) is 16.7. The summed E-state index contributed by atoms with van der Waals surface area (Å²) in [6.07, 6.45) is 1.37. The molecule has 124 valence electrons. The number of nitriles is 1. The van der Waals surface area contributed by atoms with Crippen molar-refractivity contribution in [3.63, 3.8) is 0 Å². The lowest BCUT2D eigenvalue weighted by atomic mass is 9.81. The van der Waals surface area contributed by atoms with E-state index in [4.69, 9.17) is 21.1 Å². The minimum atomic E-state index is -0.985. The number of ether oxygens (including phenoxy) is 2. The third-order valence-electron chi connectivity index (χ3n) is 4.07. The summed E-state index contributed by atoms with van der Waals surface area (Å²) in [5.74, 6) is 0.348. The molecule has 0 spiro atoms. The van der Waals surface area contributed by atoms with Gasteiger partial charge in [0.15, 0.2) is 0 Å². The highest BCUT2D eigenvalue weighted by atomic mass is 35.5. The molecule has 0 aromatic heterocycles. The van der Waals surface area contributed by atoms with Crippen molar-refractivity contribution >= 4 is 17.5 Å². The molecule has 0 saturated carbocycles. The first-order chi connectivity index (χ1) is 11.1. The summed E-state index contributed by atoms with van der Waals surface area (Å²) in [5.41, 5.74) is -0.985. The first kappa shape index (κ1) is 17.6. The zero-order valence-corrected chi connectivity index (χ0v) is 13.9. The van der Waals surface area contributed by atoms with Gasteiger partial charge in [0.25, 0.3) is 0 Å². The maximum Gasteiger partial charge on any atom is 0.240 e. The molecule has 1 aromatic rings. The van der Waals surface area contributed by atoms with Crippen molar-refractivity contribution in [2.45, 2.75) is 32.3 Å². The highest BCUT2D eigenvalue weighted by molar-refractivity contribution is 6.32. The largest absolute Gasteiger partial charge is 0.487 e. The standard InChI is InChI=1S/C17H21ClN2O3/c1-2-13(23-15-6-4-3-5-14(15)18)11-20-16(21)17(12-19)7-9-22-10-8-17/h3-6,13H,2,7-11H2,1H3,(H,20,21). The molecular formula is C17H21ClN2O3. The topological polar surface area (TPSA) is 71.4 Å². The van der Waals surface area contributed by atoms with E-state index in [-0.39, 0.29) is 12.0 Å². The van der Waals surface area contributed by atoms with E-state index in [2.05, 4.69) is 11.4 Å². The lowest BCUT2D eigenvalue weighted by Gasteiger charge is -2.30. The molecule has 1 aliphatic heterocycles. The van der Waals surface area contributed by atoms with Crippen molar-refractivity contribution in [1.29, 1.82) is 5.26 Å². The van der Waals surface area contributed by atoms with Crippen LogP contribution in [0.2, 0.25) is 5.02 Å². The number of nitrogens with one attached hydrogen (secondary N) is 1. The van der Waals surface area contributed by atoms with Crippen LogP contribution >= 0.6 is 11.6 Å². The van der Waals surface area contributed by atoms with Gasteiger partial charge in [0.05, 0.1) is 17.6 Å². The van der Waals surface area contributed by atoms with Gasteiger partial charge >= 0.3 is 0 Å². The van der Waals surface area contributed by atoms with Crippen LogP contribution < -0.4 is 10.1 Å². The predicted octanol–water partition coefficient (Wildman–Crippen LogP) is 2.93. The molecule has 1 atom stereocenters. The van der Waals surface area contributed by atoms with Crippen molar-refractivity contribution < 1.29 is 14.3 Å². The van der Waals surface area contributed by atoms with Crippen LogP contribution in [0.25, 0.3) is 0 Å². The number of halogens is 1. The van der Waals surface area contributed by atoms with E-state index in [0.717, 1.165) is 0 Å². The number of benzene rings is 1. The molecule has 0 radical (unpaired) electrons. The number of nitrogens with zero attached hydrogens (tertiary/aromatic N) is 1. The maximum absolute atomic E-state index is 12.4. The fourth-order valence-corrected chi connectivity index (χ4v) is 2.65. The number of hydrogen-bond acceptors (Lipinski definition) is 4. The Kier molecular flexibility index (Phi) is 6.26. The molecule has 23 heavy (non-hydrogen) atoms. The molecule has 1 unspecified atom stereocenters. The summed E-state index contributed by atoms with van der Waals surface area (Å²) in [6.45, 7) is 3.19. The Labute approximate surface area is 141 Å². The normalized spacial score (nSPS) is 17.8. The second-order valence-electron chi connectivity index (χ2n) is 5.59. The van der Waals surface area contributed by atoms with E-state index in [1.54, 1.807) is 12.1 Å². The smallest absolute Gasteiger partial charge is 0.240 e. The molecule has 6 heteroatoms. The highest BCUT2D eigenvalue weighted by Gasteiger charge is 2.40. The molecule has 1 N–H and O–H groups in total. The molecular weight excluding hydrogens is 316 g/mol. The number of rotatable bonds is 6. The molecule has 1 saturated heterocycles. The van der Waals surface area contributed by atoms with Crippen LogP contribution in [0, 0.1) is 16.7 Å². The molecule has 1 amide bonds. The molecule has 0 aliphatic carbocycles. The van der Waals surface area contributed by atoms with Crippen LogP contribution in [0.5, 0.6) is 5.75 Å². The zero-order valence-electron chi connectivity index (χ0n) is 13.2. The molecule has 1 aromatic carbocycles. The van der Waals surface area contributed by atoms with Crippen LogP contribution in [0.4, 0.5) is 0 Å². The van der Waals surface area contributed by atoms with Gasteiger partial charge in [-0.3, -0.25) is 4.79 Å². The number of hydrogen-bond donors (Lipinski definition) is 1. The van der Waals surface area contributed by atoms with Gasteiger partial charge < -0.3 is 14.8 Å². The van der Waals surface area contributed by atoms with E-state index in [1.807, 2.05) is 19.1 Å². The monoisotopic (exact) mass is 336 g/mol. The number of carbonyl (C=O) groups is 1. The summed E-state index contributed by atoms with van der Waals surface area (Å²) in [6, 6.07) is 9.40. The Morgan fingerprint density at radius 1 is 1.48 bits per heavy atom. The van der Waals surface area contributed by atoms with Gasteiger partial charge in [0.1, 0.15) is 17.3 Å². The van der Waals surface area contributed by atoms with Crippen LogP contribution in [-0.4, -0.2) is 31.8 Å². The lowest BCUT2D eigenvalue weighted by Crippen LogP contribution is -2.46. The average molecular weight is 337 g/mol. The van der Waals surface area contributed by atoms with Crippen LogP contribution in [0.15, 0.2) is 24.3 Å². The summed E-state index contributed by atoms with van der Waals surface area (Å²) in [4.78, 5) is 12.4. The molecule has 5 nitrogen and oxygen atoms in total. The van der Waals surface area contributed by atoms with Crippen LogP contribution in [0.1, 0.15) is 26.2 Å². The molecule has 1 aliphatic rings.